The number of hydrogen-bond donors (Lipinski definition) is 2. The minimum atomic E-state index is -3.93. The van der Waals surface area contributed by atoms with E-state index in [0.717, 1.165) is 14.3 Å². The van der Waals surface area contributed by atoms with Crippen molar-refractivity contribution in [2.45, 2.75) is 30.4 Å². The Balaban J connectivity index is 2.43. The second-order valence-corrected chi connectivity index (χ2v) is 7.47. The summed E-state index contributed by atoms with van der Waals surface area (Å²) in [6.45, 7) is 1.55. The van der Waals surface area contributed by atoms with Crippen LogP contribution in [0.4, 0.5) is 0 Å². The number of carboxylic acid groups (broad SMARTS) is 1. The lowest BCUT2D eigenvalue weighted by atomic mass is 10.2. The number of carbonyl (C=O) groups is 1. The molecule has 1 saturated heterocycles. The highest BCUT2D eigenvalue weighted by Crippen LogP contribution is 2.28. The summed E-state index contributed by atoms with van der Waals surface area (Å²) in [6.07, 6.45) is -1.05. The van der Waals surface area contributed by atoms with Gasteiger partial charge in [-0.05, 0) is 30.7 Å². The number of aryl methyl sites for hydroxylation is 1. The molecule has 0 unspecified atom stereocenters. The highest BCUT2D eigenvalue weighted by Gasteiger charge is 2.43. The fraction of sp³-hybridized carbons (Fsp3) is 0.417. The first-order valence-corrected chi connectivity index (χ1v) is 8.15. The molecule has 110 valence electrons. The van der Waals surface area contributed by atoms with Gasteiger partial charge in [-0.2, -0.15) is 4.31 Å². The monoisotopic (exact) mass is 363 g/mol. The van der Waals surface area contributed by atoms with Crippen LogP contribution in [0.3, 0.4) is 0 Å². The van der Waals surface area contributed by atoms with Crippen LogP contribution < -0.4 is 0 Å². The maximum absolute atomic E-state index is 12.5. The smallest absolute Gasteiger partial charge is 0.322 e. The number of aliphatic carboxylic acids is 1. The molecular formula is C12H14BrNO5S. The van der Waals surface area contributed by atoms with Crippen molar-refractivity contribution in [3.8, 4) is 0 Å². The van der Waals surface area contributed by atoms with Crippen molar-refractivity contribution >= 4 is 31.9 Å². The Morgan fingerprint density at radius 2 is 2.10 bits per heavy atom. The van der Waals surface area contributed by atoms with Crippen molar-refractivity contribution in [3.63, 3.8) is 0 Å². The number of β-amino-alcohol motifs (C(OH)–C–C–N with tert-alkyl or cyclic N) is 1. The van der Waals surface area contributed by atoms with Crippen LogP contribution >= 0.6 is 15.9 Å². The Morgan fingerprint density at radius 1 is 1.45 bits per heavy atom. The summed E-state index contributed by atoms with van der Waals surface area (Å²) in [5, 5.41) is 18.6. The van der Waals surface area contributed by atoms with Gasteiger partial charge in [0.05, 0.1) is 11.0 Å². The number of sulfonamides is 1. The van der Waals surface area contributed by atoms with E-state index in [1.165, 1.54) is 12.1 Å². The molecule has 0 aliphatic carbocycles. The van der Waals surface area contributed by atoms with E-state index in [2.05, 4.69) is 15.9 Å². The number of halogens is 1. The Hall–Kier alpha value is -0.960. The number of carboxylic acids is 1. The predicted molar refractivity (Wildman–Crippen MR) is 74.8 cm³/mol. The molecule has 1 aliphatic heterocycles. The third kappa shape index (κ3) is 2.73. The van der Waals surface area contributed by atoms with Gasteiger partial charge in [0.2, 0.25) is 10.0 Å². The van der Waals surface area contributed by atoms with Gasteiger partial charge in [-0.15, -0.1) is 0 Å². The first kappa shape index (κ1) is 15.4. The molecule has 0 saturated carbocycles. The molecule has 1 aromatic carbocycles. The number of rotatable bonds is 3. The van der Waals surface area contributed by atoms with Gasteiger partial charge in [-0.3, -0.25) is 4.79 Å². The minimum absolute atomic E-state index is 0.0264. The summed E-state index contributed by atoms with van der Waals surface area (Å²) in [7, 11) is -3.93. The van der Waals surface area contributed by atoms with Gasteiger partial charge in [0.25, 0.3) is 0 Å². The van der Waals surface area contributed by atoms with Crippen LogP contribution in [0.15, 0.2) is 27.6 Å². The maximum atomic E-state index is 12.5. The minimum Gasteiger partial charge on any atom is -0.480 e. The maximum Gasteiger partial charge on any atom is 0.322 e. The molecule has 0 bridgehead atoms. The zero-order valence-electron chi connectivity index (χ0n) is 10.7. The van der Waals surface area contributed by atoms with Crippen molar-refractivity contribution in [1.29, 1.82) is 0 Å². The Bertz CT molecular complexity index is 645. The van der Waals surface area contributed by atoms with E-state index in [1.807, 2.05) is 0 Å². The van der Waals surface area contributed by atoms with Crippen LogP contribution in [0.1, 0.15) is 12.0 Å². The Labute approximate surface area is 125 Å². The fourth-order valence-electron chi connectivity index (χ4n) is 2.19. The second kappa shape index (κ2) is 5.44. The number of aliphatic hydroxyl groups excluding tert-OH is 1. The van der Waals surface area contributed by atoms with Crippen molar-refractivity contribution in [2.75, 3.05) is 6.54 Å². The SMILES string of the molecule is Cc1cc(S(=O)(=O)N2C[C@@H](O)C[C@H]2C(=O)O)ccc1Br. The zero-order valence-corrected chi connectivity index (χ0v) is 13.1. The molecule has 1 aromatic rings. The summed E-state index contributed by atoms with van der Waals surface area (Å²) in [6, 6.07) is 3.27. The summed E-state index contributed by atoms with van der Waals surface area (Å²) in [5.74, 6) is -1.25. The third-order valence-electron chi connectivity index (χ3n) is 3.25. The fourth-order valence-corrected chi connectivity index (χ4v) is 4.15. The second-order valence-electron chi connectivity index (χ2n) is 4.73. The van der Waals surface area contributed by atoms with E-state index in [-0.39, 0.29) is 17.9 Å². The molecule has 2 rings (SSSR count). The standard InChI is InChI=1S/C12H14BrNO5S/c1-7-4-9(2-3-10(7)13)20(18,19)14-6-8(15)5-11(14)12(16)17/h2-4,8,11,15H,5-6H2,1H3,(H,16,17)/t8-,11-/m0/s1. The molecule has 1 aliphatic rings. The molecule has 0 amide bonds. The molecular weight excluding hydrogens is 350 g/mol. The van der Waals surface area contributed by atoms with Crippen molar-refractivity contribution in [2.24, 2.45) is 0 Å². The lowest BCUT2D eigenvalue weighted by Gasteiger charge is -2.21. The van der Waals surface area contributed by atoms with Crippen LogP contribution in [0.25, 0.3) is 0 Å². The van der Waals surface area contributed by atoms with Gasteiger partial charge in [0.15, 0.2) is 0 Å². The summed E-state index contributed by atoms with van der Waals surface area (Å²) in [4.78, 5) is 11.2. The number of hydrogen-bond acceptors (Lipinski definition) is 4. The van der Waals surface area contributed by atoms with E-state index in [0.29, 0.717) is 0 Å². The molecule has 0 radical (unpaired) electrons. The van der Waals surface area contributed by atoms with Crippen LogP contribution in [0, 0.1) is 6.92 Å². The summed E-state index contributed by atoms with van der Waals surface area (Å²) < 4.78 is 26.6. The molecule has 1 heterocycles. The quantitative estimate of drug-likeness (QED) is 0.833. The van der Waals surface area contributed by atoms with E-state index in [1.54, 1.807) is 13.0 Å². The van der Waals surface area contributed by atoms with Crippen molar-refractivity contribution in [3.05, 3.63) is 28.2 Å². The van der Waals surface area contributed by atoms with Gasteiger partial charge in [-0.25, -0.2) is 8.42 Å². The zero-order chi connectivity index (χ0) is 15.1. The normalized spacial score (nSPS) is 23.9. The number of aliphatic hydroxyl groups is 1. The van der Waals surface area contributed by atoms with Crippen molar-refractivity contribution in [1.82, 2.24) is 4.31 Å². The average molecular weight is 364 g/mol. The number of benzene rings is 1. The highest BCUT2D eigenvalue weighted by molar-refractivity contribution is 9.10. The first-order chi connectivity index (χ1) is 9.23. The molecule has 8 heteroatoms. The number of nitrogens with zero attached hydrogens (tertiary/aromatic N) is 1. The van der Waals surface area contributed by atoms with E-state index in [9.17, 15) is 18.3 Å². The van der Waals surface area contributed by atoms with E-state index < -0.39 is 28.1 Å². The lowest BCUT2D eigenvalue weighted by molar-refractivity contribution is -0.140. The van der Waals surface area contributed by atoms with Gasteiger partial charge in [-0.1, -0.05) is 15.9 Å². The molecule has 20 heavy (non-hydrogen) atoms. The Morgan fingerprint density at radius 3 is 2.65 bits per heavy atom. The summed E-state index contributed by atoms with van der Waals surface area (Å²) in [5.41, 5.74) is 0.734. The van der Waals surface area contributed by atoms with Gasteiger partial charge >= 0.3 is 5.97 Å². The van der Waals surface area contributed by atoms with E-state index >= 15 is 0 Å². The lowest BCUT2D eigenvalue weighted by Crippen LogP contribution is -2.40. The third-order valence-corrected chi connectivity index (χ3v) is 6.02. The van der Waals surface area contributed by atoms with Gasteiger partial charge in [0.1, 0.15) is 6.04 Å². The molecule has 2 atom stereocenters. The summed E-state index contributed by atoms with van der Waals surface area (Å²) >= 11 is 3.28. The molecule has 1 fully saturated rings. The Kier molecular flexibility index (Phi) is 4.19. The van der Waals surface area contributed by atoms with E-state index in [4.69, 9.17) is 5.11 Å². The molecule has 0 aromatic heterocycles. The average Bonchev–Trinajstić information content (AvgIpc) is 2.75. The predicted octanol–water partition coefficient (Wildman–Crippen LogP) is 0.966. The topological polar surface area (TPSA) is 94.9 Å². The highest BCUT2D eigenvalue weighted by atomic mass is 79.9. The van der Waals surface area contributed by atoms with Crippen LogP contribution in [0.2, 0.25) is 0 Å². The molecule has 6 nitrogen and oxygen atoms in total. The van der Waals surface area contributed by atoms with Crippen LogP contribution in [-0.4, -0.2) is 47.6 Å². The van der Waals surface area contributed by atoms with Crippen LogP contribution in [-0.2, 0) is 14.8 Å². The van der Waals surface area contributed by atoms with Crippen molar-refractivity contribution < 1.29 is 23.4 Å². The van der Waals surface area contributed by atoms with Gasteiger partial charge < -0.3 is 10.2 Å². The van der Waals surface area contributed by atoms with Gasteiger partial charge in [0, 0.05) is 17.4 Å². The molecule has 0 spiro atoms. The van der Waals surface area contributed by atoms with Crippen LogP contribution in [0.5, 0.6) is 0 Å². The first-order valence-electron chi connectivity index (χ1n) is 5.92. The molecule has 2 N–H and O–H groups in total. The largest absolute Gasteiger partial charge is 0.480 e.